The Hall–Kier alpha value is -0.243. The molecule has 18 heavy (non-hydrogen) atoms. The van der Waals surface area contributed by atoms with Gasteiger partial charge in [-0.2, -0.15) is 0 Å². The number of aryl methyl sites for hydroxylation is 1. The Morgan fingerprint density at radius 3 is 2.44 bits per heavy atom. The lowest BCUT2D eigenvalue weighted by Gasteiger charge is -2.32. The Morgan fingerprint density at radius 2 is 2.06 bits per heavy atom. The molecule has 0 aliphatic carbocycles. The molecule has 104 valence electrons. The van der Waals surface area contributed by atoms with Crippen LogP contribution in [0.1, 0.15) is 32.7 Å². The van der Waals surface area contributed by atoms with Crippen LogP contribution in [0.3, 0.4) is 0 Å². The molecule has 7 heteroatoms. The quantitative estimate of drug-likeness (QED) is 0.869. The third kappa shape index (κ3) is 3.40. The number of thiazole rings is 1. The number of rotatable bonds is 3. The van der Waals surface area contributed by atoms with Gasteiger partial charge in [-0.25, -0.2) is 14.3 Å². The van der Waals surface area contributed by atoms with Gasteiger partial charge in [-0.3, -0.25) is 4.03 Å². The van der Waals surface area contributed by atoms with Crippen molar-refractivity contribution in [2.45, 2.75) is 56.5 Å². The van der Waals surface area contributed by atoms with Gasteiger partial charge in [0, 0.05) is 0 Å². The van der Waals surface area contributed by atoms with Gasteiger partial charge >= 0.3 is 0 Å². The van der Waals surface area contributed by atoms with E-state index < -0.39 is 18.2 Å². The molecule has 0 fully saturated rings. The molecule has 1 atom stereocenters. The van der Waals surface area contributed by atoms with Crippen LogP contribution in [0.4, 0.5) is 0 Å². The minimum Gasteiger partial charge on any atom is -0.261 e. The summed E-state index contributed by atoms with van der Waals surface area (Å²) in [6.07, 6.45) is 2.45. The second-order valence-electron chi connectivity index (χ2n) is 5.90. The van der Waals surface area contributed by atoms with E-state index >= 15 is 0 Å². The number of aromatic nitrogens is 1. The van der Waals surface area contributed by atoms with Crippen LogP contribution in [0, 0.1) is 0 Å². The number of nitrogens with two attached hydrogens (primary N) is 1. The molecule has 0 saturated carbocycles. The van der Waals surface area contributed by atoms with Crippen molar-refractivity contribution < 1.29 is 4.21 Å². The van der Waals surface area contributed by atoms with Crippen LogP contribution < -0.4 is 5.14 Å². The van der Waals surface area contributed by atoms with Gasteiger partial charge in [0.1, 0.15) is 14.1 Å². The fourth-order valence-electron chi connectivity index (χ4n) is 1.11. The second-order valence-corrected chi connectivity index (χ2v) is 14.2. The largest absolute Gasteiger partial charge is 0.261 e. The third-order valence-corrected chi connectivity index (χ3v) is 12.5. The maximum absolute atomic E-state index is 12.6. The monoisotopic (exact) mass is 305 g/mol. The minimum atomic E-state index is -2.80. The van der Waals surface area contributed by atoms with Gasteiger partial charge in [0.05, 0.1) is 11.2 Å². The van der Waals surface area contributed by atoms with Crippen molar-refractivity contribution in [1.82, 2.24) is 4.98 Å². The summed E-state index contributed by atoms with van der Waals surface area (Å²) in [5, 5.41) is 6.94. The van der Waals surface area contributed by atoms with Crippen LogP contribution in [-0.4, -0.2) is 17.4 Å². The molecule has 1 rings (SSSR count). The van der Waals surface area contributed by atoms with Crippen molar-refractivity contribution in [3.63, 3.8) is 0 Å². The van der Waals surface area contributed by atoms with Crippen LogP contribution in [0.2, 0.25) is 18.1 Å². The van der Waals surface area contributed by atoms with E-state index in [1.54, 1.807) is 6.20 Å². The first-order valence-corrected chi connectivity index (χ1v) is 11.3. The first kappa shape index (κ1) is 15.8. The van der Waals surface area contributed by atoms with Gasteiger partial charge in [-0.1, -0.05) is 27.7 Å². The molecule has 0 radical (unpaired) electrons. The molecule has 1 aromatic heterocycles. The molecule has 0 saturated heterocycles. The normalized spacial score (nSPS) is 16.4. The maximum Gasteiger partial charge on any atom is 0.195 e. The standard InChI is InChI=1S/C11H23N3OS2Si/c1-7-9-13-8-10(16-9)17(12,15)14-18(5,6)11(2,3)4/h8H,7H2,1-6H3,(H2,12,14,15). The Kier molecular flexibility index (Phi) is 4.42. The van der Waals surface area contributed by atoms with Gasteiger partial charge in [-0.15, -0.1) is 11.3 Å². The fourth-order valence-corrected chi connectivity index (χ4v) is 7.17. The van der Waals surface area contributed by atoms with E-state index in [0.717, 1.165) is 11.4 Å². The van der Waals surface area contributed by atoms with Crippen molar-refractivity contribution in [3.05, 3.63) is 11.2 Å². The van der Waals surface area contributed by atoms with Crippen molar-refractivity contribution in [2.75, 3.05) is 0 Å². The summed E-state index contributed by atoms with van der Waals surface area (Å²) >= 11 is 1.41. The average Bonchev–Trinajstić information content (AvgIpc) is 2.62. The lowest BCUT2D eigenvalue weighted by atomic mass is 10.2. The van der Waals surface area contributed by atoms with Gasteiger partial charge in [-0.05, 0) is 24.6 Å². The molecular weight excluding hydrogens is 282 g/mol. The van der Waals surface area contributed by atoms with Crippen LogP contribution in [0.15, 0.2) is 14.4 Å². The summed E-state index contributed by atoms with van der Waals surface area (Å²) in [6.45, 7) is 12.6. The van der Waals surface area contributed by atoms with Crippen LogP contribution >= 0.6 is 11.3 Å². The zero-order chi connectivity index (χ0) is 14.2. The Labute approximate surface area is 115 Å². The second kappa shape index (κ2) is 5.03. The molecule has 0 spiro atoms. The molecule has 1 aromatic rings. The molecule has 2 N–H and O–H groups in total. The highest BCUT2D eigenvalue weighted by molar-refractivity contribution is 7.94. The molecule has 0 aromatic carbocycles. The lowest BCUT2D eigenvalue weighted by molar-refractivity contribution is 0.677. The maximum atomic E-state index is 12.6. The molecule has 0 bridgehead atoms. The highest BCUT2D eigenvalue weighted by Gasteiger charge is 2.37. The van der Waals surface area contributed by atoms with Gasteiger partial charge in [0.25, 0.3) is 0 Å². The summed E-state index contributed by atoms with van der Waals surface area (Å²) in [6, 6.07) is 0. The number of hydrogen-bond donors (Lipinski definition) is 1. The van der Waals surface area contributed by atoms with E-state index in [4.69, 9.17) is 5.14 Å². The Balaban J connectivity index is 3.25. The van der Waals surface area contributed by atoms with Crippen molar-refractivity contribution in [3.8, 4) is 0 Å². The molecule has 1 heterocycles. The van der Waals surface area contributed by atoms with Crippen molar-refractivity contribution in [1.29, 1.82) is 0 Å². The van der Waals surface area contributed by atoms with E-state index in [1.807, 2.05) is 6.92 Å². The van der Waals surface area contributed by atoms with E-state index in [9.17, 15) is 4.21 Å². The lowest BCUT2D eigenvalue weighted by Crippen LogP contribution is -2.37. The van der Waals surface area contributed by atoms with Gasteiger partial charge in [0.15, 0.2) is 8.24 Å². The van der Waals surface area contributed by atoms with E-state index in [-0.39, 0.29) is 5.04 Å². The average molecular weight is 306 g/mol. The van der Waals surface area contributed by atoms with E-state index in [0.29, 0.717) is 4.21 Å². The molecule has 0 aliphatic heterocycles. The Morgan fingerprint density at radius 1 is 1.50 bits per heavy atom. The fraction of sp³-hybridized carbons (Fsp3) is 0.727. The molecule has 0 amide bonds. The first-order valence-electron chi connectivity index (χ1n) is 6.00. The molecule has 0 aliphatic rings. The predicted octanol–water partition coefficient (Wildman–Crippen LogP) is 3.41. The zero-order valence-corrected chi connectivity index (χ0v) is 14.6. The summed E-state index contributed by atoms with van der Waals surface area (Å²) in [7, 11) is -4.82. The van der Waals surface area contributed by atoms with Crippen molar-refractivity contribution >= 4 is 29.5 Å². The summed E-state index contributed by atoms with van der Waals surface area (Å²) in [5.41, 5.74) is 0. The van der Waals surface area contributed by atoms with Crippen molar-refractivity contribution in [2.24, 2.45) is 9.17 Å². The molecule has 1 unspecified atom stereocenters. The van der Waals surface area contributed by atoms with Gasteiger partial charge < -0.3 is 0 Å². The zero-order valence-electron chi connectivity index (χ0n) is 12.0. The van der Waals surface area contributed by atoms with Gasteiger partial charge in [0.2, 0.25) is 0 Å². The van der Waals surface area contributed by atoms with Crippen LogP contribution in [0.25, 0.3) is 0 Å². The predicted molar refractivity (Wildman–Crippen MR) is 81.7 cm³/mol. The highest BCUT2D eigenvalue weighted by Crippen LogP contribution is 2.38. The first-order chi connectivity index (χ1) is 7.99. The minimum absolute atomic E-state index is 0.0350. The number of nitrogens with zero attached hydrogens (tertiary/aromatic N) is 2. The van der Waals surface area contributed by atoms with E-state index in [1.165, 1.54) is 11.3 Å². The summed E-state index contributed by atoms with van der Waals surface area (Å²) < 4.78 is 17.7. The summed E-state index contributed by atoms with van der Waals surface area (Å²) in [4.78, 5) is 4.21. The third-order valence-electron chi connectivity index (χ3n) is 3.32. The van der Waals surface area contributed by atoms with Crippen LogP contribution in [0.5, 0.6) is 0 Å². The van der Waals surface area contributed by atoms with Crippen LogP contribution in [-0.2, 0) is 16.3 Å². The summed E-state index contributed by atoms with van der Waals surface area (Å²) in [5.74, 6) is 0. The Bertz CT molecular complexity index is 537. The molecule has 4 nitrogen and oxygen atoms in total. The number of hydrogen-bond acceptors (Lipinski definition) is 4. The van der Waals surface area contributed by atoms with E-state index in [2.05, 4.69) is 42.9 Å². The topological polar surface area (TPSA) is 68.3 Å². The smallest absolute Gasteiger partial charge is 0.195 e. The SMILES string of the molecule is CCc1ncc(S(N)(=O)=N[Si](C)(C)C(C)(C)C)s1. The molecular formula is C11H23N3OS2Si. The highest BCUT2D eigenvalue weighted by atomic mass is 32.2.